The predicted molar refractivity (Wildman–Crippen MR) is 224 cm³/mol. The van der Waals surface area contributed by atoms with Gasteiger partial charge in [0, 0.05) is 34.1 Å². The minimum absolute atomic E-state index is 0.615. The van der Waals surface area contributed by atoms with Crippen molar-refractivity contribution in [2.75, 3.05) is 9.80 Å². The first-order valence-electron chi connectivity index (χ1n) is 17.9. The summed E-state index contributed by atoms with van der Waals surface area (Å²) >= 11 is 0. The Hall–Kier alpha value is -6.59. The Morgan fingerprint density at radius 3 is 0.811 bits per heavy atom. The number of nitrogens with zero attached hydrogens (tertiary/aromatic N) is 5. The van der Waals surface area contributed by atoms with Crippen LogP contribution in [-0.4, -0.2) is 15.0 Å². The zero-order valence-electron chi connectivity index (χ0n) is 30.9. The van der Waals surface area contributed by atoms with Gasteiger partial charge in [0.2, 0.25) is 0 Å². The van der Waals surface area contributed by atoms with E-state index in [9.17, 15) is 0 Å². The van der Waals surface area contributed by atoms with E-state index in [0.717, 1.165) is 45.3 Å². The lowest BCUT2D eigenvalue weighted by molar-refractivity contribution is 0.945. The van der Waals surface area contributed by atoms with Crippen LogP contribution in [0, 0.1) is 34.6 Å². The van der Waals surface area contributed by atoms with Gasteiger partial charge in [-0.05, 0) is 131 Å². The average molecular weight is 690 g/mol. The second-order valence-electron chi connectivity index (χ2n) is 13.5. The molecule has 0 saturated heterocycles. The molecule has 53 heavy (non-hydrogen) atoms. The van der Waals surface area contributed by atoms with Crippen LogP contribution < -0.4 is 9.80 Å². The van der Waals surface area contributed by atoms with Crippen LogP contribution in [0.15, 0.2) is 146 Å². The van der Waals surface area contributed by atoms with Crippen LogP contribution in [0.25, 0.3) is 24.3 Å². The first kappa shape index (κ1) is 34.8. The summed E-state index contributed by atoms with van der Waals surface area (Å²) in [6.07, 6.45) is 7.97. The van der Waals surface area contributed by atoms with Gasteiger partial charge in [-0.3, -0.25) is 0 Å². The summed E-state index contributed by atoms with van der Waals surface area (Å²) in [6.45, 7) is 10.3. The minimum Gasteiger partial charge on any atom is -0.311 e. The van der Waals surface area contributed by atoms with Crippen LogP contribution in [0.5, 0.6) is 0 Å². The summed E-state index contributed by atoms with van der Waals surface area (Å²) in [5.41, 5.74) is 13.7. The molecule has 1 heterocycles. The van der Waals surface area contributed by atoms with Crippen LogP contribution >= 0.6 is 0 Å². The Balaban J connectivity index is 1.08. The van der Waals surface area contributed by atoms with Crippen LogP contribution in [-0.2, 0) is 0 Å². The average Bonchev–Trinajstić information content (AvgIpc) is 3.17. The highest BCUT2D eigenvalue weighted by molar-refractivity contribution is 5.79. The fourth-order valence-electron chi connectivity index (χ4n) is 6.15. The molecule has 6 aromatic carbocycles. The second kappa shape index (κ2) is 15.7. The molecule has 0 aliphatic carbocycles. The maximum atomic E-state index is 4.73. The van der Waals surface area contributed by atoms with Gasteiger partial charge in [-0.1, -0.05) is 107 Å². The van der Waals surface area contributed by atoms with E-state index in [-0.39, 0.29) is 0 Å². The first-order valence-corrected chi connectivity index (χ1v) is 17.9. The topological polar surface area (TPSA) is 45.2 Å². The maximum Gasteiger partial charge on any atom is 0.156 e. The summed E-state index contributed by atoms with van der Waals surface area (Å²) in [4.78, 5) is 18.5. The number of hydrogen-bond acceptors (Lipinski definition) is 5. The molecule has 0 bridgehead atoms. The van der Waals surface area contributed by atoms with Gasteiger partial charge in [0.1, 0.15) is 5.82 Å². The smallest absolute Gasteiger partial charge is 0.156 e. The third-order valence-corrected chi connectivity index (χ3v) is 9.10. The van der Waals surface area contributed by atoms with Crippen molar-refractivity contribution in [3.05, 3.63) is 196 Å². The molecule has 0 aliphatic rings. The number of aromatic nitrogens is 3. The molecule has 0 unspecified atom stereocenters. The lowest BCUT2D eigenvalue weighted by Gasteiger charge is -2.25. The fraction of sp³-hybridized carbons (Fsp3) is 0.104. The highest BCUT2D eigenvalue weighted by Crippen LogP contribution is 2.36. The molecule has 0 radical (unpaired) electrons. The van der Waals surface area contributed by atoms with Gasteiger partial charge in [-0.2, -0.15) is 0 Å². The van der Waals surface area contributed by atoms with Crippen molar-refractivity contribution in [2.24, 2.45) is 0 Å². The second-order valence-corrected chi connectivity index (χ2v) is 13.5. The van der Waals surface area contributed by atoms with Gasteiger partial charge >= 0.3 is 0 Å². The molecule has 0 N–H and O–H groups in total. The van der Waals surface area contributed by atoms with Crippen molar-refractivity contribution in [1.29, 1.82) is 0 Å². The van der Waals surface area contributed by atoms with Crippen molar-refractivity contribution in [3.63, 3.8) is 0 Å². The number of aryl methyl sites for hydroxylation is 5. The third kappa shape index (κ3) is 8.66. The summed E-state index contributed by atoms with van der Waals surface area (Å²) < 4.78 is 0. The Morgan fingerprint density at radius 1 is 0.302 bits per heavy atom. The van der Waals surface area contributed by atoms with Crippen molar-refractivity contribution in [2.45, 2.75) is 34.6 Å². The summed E-state index contributed by atoms with van der Waals surface area (Å²) in [5, 5.41) is 0. The number of anilines is 6. The molecule has 0 amide bonds. The Labute approximate surface area is 313 Å². The molecule has 0 spiro atoms. The monoisotopic (exact) mass is 689 g/mol. The normalized spacial score (nSPS) is 11.3. The van der Waals surface area contributed by atoms with Gasteiger partial charge in [-0.25, -0.2) is 15.0 Å². The maximum absolute atomic E-state index is 4.73. The quantitative estimate of drug-likeness (QED) is 0.143. The van der Waals surface area contributed by atoms with E-state index in [4.69, 9.17) is 4.98 Å². The molecular weight excluding hydrogens is 647 g/mol. The van der Waals surface area contributed by atoms with Crippen LogP contribution in [0.2, 0.25) is 0 Å². The molecule has 5 nitrogen and oxygen atoms in total. The minimum atomic E-state index is 0.615. The molecule has 5 heteroatoms. The van der Waals surface area contributed by atoms with Gasteiger partial charge in [0.25, 0.3) is 0 Å². The van der Waals surface area contributed by atoms with E-state index in [1.54, 1.807) is 0 Å². The van der Waals surface area contributed by atoms with Crippen LogP contribution in [0.4, 0.5) is 34.1 Å². The van der Waals surface area contributed by atoms with Crippen molar-refractivity contribution in [3.8, 4) is 0 Å². The summed E-state index contributed by atoms with van der Waals surface area (Å²) in [6, 6.07) is 51.6. The van der Waals surface area contributed by atoms with Gasteiger partial charge in [0.05, 0.1) is 0 Å². The molecular formula is C48H43N5. The summed E-state index contributed by atoms with van der Waals surface area (Å²) in [5.74, 6) is 1.90. The van der Waals surface area contributed by atoms with Gasteiger partial charge in [0.15, 0.2) is 11.6 Å². The van der Waals surface area contributed by atoms with E-state index < -0.39 is 0 Å². The number of rotatable bonds is 10. The standard InChI is InChI=1S/C48H43N5/c1-34-6-20-41(21-7-34)52(42-22-8-35(2)9-23-42)45-28-14-39(15-29-45)18-32-47-49-38(5)50-48(51-47)33-19-40-16-30-46(31-17-40)53(43-24-10-36(3)11-25-43)44-26-12-37(4)13-27-44/h6-33H,1-5H3/b32-18+,33-19+. The molecule has 7 rings (SSSR count). The number of hydrogen-bond donors (Lipinski definition) is 0. The molecule has 1 aromatic heterocycles. The highest BCUT2D eigenvalue weighted by Gasteiger charge is 2.14. The van der Waals surface area contributed by atoms with Gasteiger partial charge in [-0.15, -0.1) is 0 Å². The van der Waals surface area contributed by atoms with Gasteiger partial charge < -0.3 is 9.80 Å². The molecule has 7 aromatic rings. The number of benzene rings is 6. The lowest BCUT2D eigenvalue weighted by Crippen LogP contribution is -2.09. The van der Waals surface area contributed by atoms with Crippen molar-refractivity contribution >= 4 is 58.4 Å². The Bertz CT molecular complexity index is 2080. The van der Waals surface area contributed by atoms with E-state index in [1.165, 1.54) is 22.3 Å². The Morgan fingerprint density at radius 2 is 0.547 bits per heavy atom. The lowest BCUT2D eigenvalue weighted by atomic mass is 10.1. The van der Waals surface area contributed by atoms with E-state index in [0.29, 0.717) is 17.5 Å². The van der Waals surface area contributed by atoms with E-state index >= 15 is 0 Å². The fourth-order valence-corrected chi connectivity index (χ4v) is 6.15. The SMILES string of the molecule is Cc1ccc(N(c2ccc(C)cc2)c2ccc(/C=C/c3nc(C)nc(/C=C/c4ccc(N(c5ccc(C)cc5)c5ccc(C)cc5)cc4)n3)cc2)cc1. The largest absolute Gasteiger partial charge is 0.311 e. The predicted octanol–water partition coefficient (Wildman–Crippen LogP) is 12.7. The molecule has 0 atom stereocenters. The third-order valence-electron chi connectivity index (χ3n) is 9.10. The van der Waals surface area contributed by atoms with E-state index in [2.05, 4.69) is 193 Å². The highest BCUT2D eigenvalue weighted by atomic mass is 15.1. The first-order chi connectivity index (χ1) is 25.8. The zero-order chi connectivity index (χ0) is 36.7. The molecule has 0 aliphatic heterocycles. The van der Waals surface area contributed by atoms with Crippen LogP contribution in [0.1, 0.15) is 50.9 Å². The Kier molecular flexibility index (Phi) is 10.4. The molecule has 0 fully saturated rings. The molecule has 260 valence electrons. The zero-order valence-corrected chi connectivity index (χ0v) is 30.9. The van der Waals surface area contributed by atoms with Crippen molar-refractivity contribution in [1.82, 2.24) is 15.0 Å². The van der Waals surface area contributed by atoms with Crippen molar-refractivity contribution < 1.29 is 0 Å². The van der Waals surface area contributed by atoms with Crippen LogP contribution in [0.3, 0.4) is 0 Å². The summed E-state index contributed by atoms with van der Waals surface area (Å²) in [7, 11) is 0. The molecule has 0 saturated carbocycles. The van der Waals surface area contributed by atoms with E-state index in [1.807, 2.05) is 31.2 Å².